The molecule has 2 bridgehead atoms. The Morgan fingerprint density at radius 3 is 2.72 bits per heavy atom. The van der Waals surface area contributed by atoms with Crippen LogP contribution in [0, 0.1) is 16.7 Å². The van der Waals surface area contributed by atoms with Crippen LogP contribution in [0.1, 0.15) is 51.0 Å². The first-order chi connectivity index (χ1) is 12.0. The molecule has 1 aliphatic carbocycles. The molecule has 4 aliphatic heterocycles. The second kappa shape index (κ2) is 5.12. The van der Waals surface area contributed by atoms with Crippen molar-refractivity contribution < 1.29 is 9.59 Å². The van der Waals surface area contributed by atoms with Gasteiger partial charge in [-0.1, -0.05) is 55.4 Å². The average molecular weight is 356 g/mol. The second-order valence-electron chi connectivity index (χ2n) is 8.74. The summed E-state index contributed by atoms with van der Waals surface area (Å²) in [4.78, 5) is 28.9. The van der Waals surface area contributed by atoms with Gasteiger partial charge in [-0.3, -0.25) is 9.59 Å². The predicted octanol–water partition coefficient (Wildman–Crippen LogP) is 4.02. The normalized spacial score (nSPS) is 42.4. The Balaban J connectivity index is 1.62. The van der Waals surface area contributed by atoms with Crippen LogP contribution in [0.3, 0.4) is 0 Å². The fraction of sp³-hybridized carbons (Fsp3) is 0.619. The quantitative estimate of drug-likeness (QED) is 0.752. The lowest BCUT2D eigenvalue weighted by molar-refractivity contribution is -0.181. The molecule has 1 saturated carbocycles. The van der Waals surface area contributed by atoms with Gasteiger partial charge in [0.05, 0.1) is 0 Å². The van der Waals surface area contributed by atoms with Gasteiger partial charge < -0.3 is 4.90 Å². The van der Waals surface area contributed by atoms with Gasteiger partial charge in [-0.2, -0.15) is 0 Å². The Hall–Kier alpha value is -1.29. The van der Waals surface area contributed by atoms with Crippen LogP contribution < -0.4 is 0 Å². The van der Waals surface area contributed by atoms with Gasteiger partial charge in [0, 0.05) is 12.0 Å². The highest BCUT2D eigenvalue weighted by molar-refractivity contribution is 8.15. The van der Waals surface area contributed by atoms with Crippen molar-refractivity contribution in [2.75, 3.05) is 6.54 Å². The number of hydrogen-bond acceptors (Lipinski definition) is 3. The first-order valence-corrected chi connectivity index (χ1v) is 10.4. The molecule has 5 aliphatic rings. The highest BCUT2D eigenvalue weighted by Gasteiger charge is 2.74. The zero-order chi connectivity index (χ0) is 17.3. The number of fused-ring (bicyclic) bond motifs is 1. The van der Waals surface area contributed by atoms with Crippen LogP contribution in [-0.2, 0) is 16.0 Å². The Morgan fingerprint density at radius 1 is 1.16 bits per heavy atom. The molecule has 5 fully saturated rings. The van der Waals surface area contributed by atoms with E-state index in [1.165, 1.54) is 6.42 Å². The van der Waals surface area contributed by atoms with Gasteiger partial charge in [-0.15, -0.1) is 0 Å². The summed E-state index contributed by atoms with van der Waals surface area (Å²) in [6.45, 7) is 3.18. The lowest BCUT2D eigenvalue weighted by atomic mass is 9.55. The molecule has 4 atom stereocenters. The van der Waals surface area contributed by atoms with Crippen LogP contribution in [0.4, 0.5) is 0 Å². The van der Waals surface area contributed by atoms with Gasteiger partial charge in [0.1, 0.15) is 10.3 Å². The number of carbonyl (C=O) groups excluding carboxylic acids is 2. The Kier molecular flexibility index (Phi) is 3.26. The summed E-state index contributed by atoms with van der Waals surface area (Å²) < 4.78 is 0. The van der Waals surface area contributed by atoms with E-state index in [0.717, 1.165) is 44.2 Å². The molecule has 4 heterocycles. The fourth-order valence-electron chi connectivity index (χ4n) is 6.34. The van der Waals surface area contributed by atoms with Gasteiger partial charge in [0.15, 0.2) is 0 Å². The highest BCUT2D eigenvalue weighted by Crippen LogP contribution is 2.70. The van der Waals surface area contributed by atoms with Crippen molar-refractivity contribution in [3.05, 3.63) is 35.9 Å². The van der Waals surface area contributed by atoms with Crippen LogP contribution >= 0.6 is 11.8 Å². The van der Waals surface area contributed by atoms with Crippen LogP contribution in [0.5, 0.6) is 0 Å². The molecule has 1 aromatic carbocycles. The molecular weight excluding hydrogens is 330 g/mol. The zero-order valence-corrected chi connectivity index (χ0v) is 15.6. The molecule has 1 aromatic rings. The molecule has 4 heteroatoms. The highest BCUT2D eigenvalue weighted by atomic mass is 32.2. The van der Waals surface area contributed by atoms with Gasteiger partial charge in [0.25, 0.3) is 0 Å². The number of rotatable bonds is 2. The summed E-state index contributed by atoms with van der Waals surface area (Å²) in [5.41, 5.74) is 0.382. The molecule has 0 radical (unpaired) electrons. The number of amides is 1. The van der Waals surface area contributed by atoms with Gasteiger partial charge in [-0.25, -0.2) is 0 Å². The summed E-state index contributed by atoms with van der Waals surface area (Å²) in [7, 11) is 0. The molecule has 0 N–H and O–H groups in total. The number of hydrogen-bond donors (Lipinski definition) is 0. The van der Waals surface area contributed by atoms with E-state index in [1.54, 1.807) is 11.8 Å². The topological polar surface area (TPSA) is 37.4 Å². The number of piperidine rings is 2. The van der Waals surface area contributed by atoms with E-state index in [2.05, 4.69) is 24.0 Å². The summed E-state index contributed by atoms with van der Waals surface area (Å²) in [6, 6.07) is 10.1. The molecule has 0 aromatic heterocycles. The molecular formula is C21H25NO2S. The van der Waals surface area contributed by atoms with E-state index >= 15 is 0 Å². The minimum Gasteiger partial charge on any atom is -0.326 e. The molecule has 1 unspecified atom stereocenters. The second-order valence-corrected chi connectivity index (χ2v) is 9.94. The third kappa shape index (κ3) is 1.84. The Bertz CT molecular complexity index is 746. The Labute approximate surface area is 153 Å². The number of benzene rings is 1. The SMILES string of the molecule is CC12CCC[C@@H]3C[C@]4(Cc5ccccc5)C(=O)S[C@@]31N(CCC2)C4=O. The molecule has 3 nitrogen and oxygen atoms in total. The zero-order valence-electron chi connectivity index (χ0n) is 14.8. The predicted molar refractivity (Wildman–Crippen MR) is 98.9 cm³/mol. The summed E-state index contributed by atoms with van der Waals surface area (Å²) >= 11 is 1.55. The largest absolute Gasteiger partial charge is 0.326 e. The standard InChI is InChI=1S/C21H25NO2S/c1-19-10-5-9-16-14-20(13-15-7-3-2-4-8-15)17(23)22(12-6-11-19)21(16,19)25-18(20)24/h2-4,7-8,16H,5-6,9-14H2,1H3/t16-,19?,20+,21+/m1/s1. The Morgan fingerprint density at radius 2 is 1.92 bits per heavy atom. The monoisotopic (exact) mass is 355 g/mol. The first-order valence-electron chi connectivity index (χ1n) is 9.61. The summed E-state index contributed by atoms with van der Waals surface area (Å²) in [5, 5.41) is 0.142. The maximum Gasteiger partial charge on any atom is 0.238 e. The van der Waals surface area contributed by atoms with Crippen LogP contribution in [0.15, 0.2) is 30.3 Å². The van der Waals surface area contributed by atoms with Gasteiger partial charge in [0.2, 0.25) is 11.0 Å². The van der Waals surface area contributed by atoms with Crippen LogP contribution in [0.25, 0.3) is 0 Å². The summed E-state index contributed by atoms with van der Waals surface area (Å²) in [6.07, 6.45) is 7.11. The minimum atomic E-state index is -0.825. The third-order valence-corrected chi connectivity index (χ3v) is 9.38. The van der Waals surface area contributed by atoms with E-state index in [4.69, 9.17) is 0 Å². The molecule has 6 rings (SSSR count). The lowest BCUT2D eigenvalue weighted by Gasteiger charge is -2.70. The van der Waals surface area contributed by atoms with E-state index in [9.17, 15) is 9.59 Å². The van der Waals surface area contributed by atoms with E-state index in [-0.39, 0.29) is 21.3 Å². The van der Waals surface area contributed by atoms with Crippen molar-refractivity contribution in [3.63, 3.8) is 0 Å². The van der Waals surface area contributed by atoms with Crippen LogP contribution in [-0.4, -0.2) is 27.3 Å². The van der Waals surface area contributed by atoms with Crippen molar-refractivity contribution >= 4 is 22.8 Å². The maximum atomic E-state index is 13.6. The van der Waals surface area contributed by atoms with Crippen molar-refractivity contribution in [2.24, 2.45) is 16.7 Å². The van der Waals surface area contributed by atoms with E-state index < -0.39 is 5.41 Å². The van der Waals surface area contributed by atoms with E-state index in [0.29, 0.717) is 12.3 Å². The van der Waals surface area contributed by atoms with Gasteiger partial charge >= 0.3 is 0 Å². The van der Waals surface area contributed by atoms with Gasteiger partial charge in [-0.05, 0) is 50.0 Å². The number of carbonyl (C=O) groups is 2. The third-order valence-electron chi connectivity index (χ3n) is 7.45. The average Bonchev–Trinajstić information content (AvgIpc) is 2.60. The molecule has 1 amide bonds. The first kappa shape index (κ1) is 15.9. The maximum absolute atomic E-state index is 13.6. The minimum absolute atomic E-state index is 0.101. The summed E-state index contributed by atoms with van der Waals surface area (Å²) in [5.74, 6) is 0.597. The lowest BCUT2D eigenvalue weighted by Crippen LogP contribution is -2.77. The number of nitrogens with zero attached hydrogens (tertiary/aromatic N) is 1. The molecule has 1 spiro atoms. The van der Waals surface area contributed by atoms with Crippen molar-refractivity contribution in [3.8, 4) is 0 Å². The molecule has 25 heavy (non-hydrogen) atoms. The van der Waals surface area contributed by atoms with Crippen LogP contribution in [0.2, 0.25) is 0 Å². The van der Waals surface area contributed by atoms with Crippen molar-refractivity contribution in [1.29, 1.82) is 0 Å². The smallest absolute Gasteiger partial charge is 0.238 e. The fourth-order valence-corrected chi connectivity index (χ4v) is 8.17. The van der Waals surface area contributed by atoms with E-state index in [1.807, 2.05) is 18.2 Å². The molecule has 4 saturated heterocycles. The number of thioether (sulfide) groups is 1. The van der Waals surface area contributed by atoms with Crippen molar-refractivity contribution in [2.45, 2.75) is 56.7 Å². The molecule has 132 valence electrons. The van der Waals surface area contributed by atoms with Crippen molar-refractivity contribution in [1.82, 2.24) is 4.90 Å².